The number of allylic oxidation sites excluding steroid dienone is 1. The predicted molar refractivity (Wildman–Crippen MR) is 91.5 cm³/mol. The van der Waals surface area contributed by atoms with E-state index >= 15 is 0 Å². The van der Waals surface area contributed by atoms with Crippen LogP contribution in [0.3, 0.4) is 0 Å². The molecule has 2 aromatic carbocycles. The second kappa shape index (κ2) is 14.1. The maximum atomic E-state index is 11.6. The zero-order chi connectivity index (χ0) is 19.1. The number of halogens is 2. The maximum absolute atomic E-state index is 11.6. The largest absolute Gasteiger partial charge is 4.00 e. The minimum Gasteiger partial charge on any atom is -1.00 e. The Balaban J connectivity index is 0. The zero-order valence-corrected chi connectivity index (χ0v) is 18.8. The Hall–Kier alpha value is -1.99. The predicted octanol–water partition coefficient (Wildman–Crippen LogP) is -4.15. The van der Waals surface area contributed by atoms with Gasteiger partial charge < -0.3 is 44.6 Å². The molecule has 6 nitrogen and oxygen atoms in total. The van der Waals surface area contributed by atoms with Crippen LogP contribution in [0.1, 0.15) is 35.9 Å². The van der Waals surface area contributed by atoms with E-state index in [2.05, 4.69) is 0 Å². The molecule has 1 aliphatic heterocycles. The van der Waals surface area contributed by atoms with Gasteiger partial charge in [-0.25, -0.2) is 4.79 Å². The van der Waals surface area contributed by atoms with E-state index in [-0.39, 0.29) is 70.1 Å². The van der Waals surface area contributed by atoms with Gasteiger partial charge in [0.15, 0.2) is 0 Å². The summed E-state index contributed by atoms with van der Waals surface area (Å²) in [5.74, 6) is -1.45. The molecule has 1 heterocycles. The van der Waals surface area contributed by atoms with E-state index in [1.165, 1.54) is 18.2 Å². The number of cyclic esters (lactones) is 1. The van der Waals surface area contributed by atoms with Crippen molar-refractivity contribution in [2.75, 3.05) is 0 Å². The Bertz CT molecular complexity index is 790. The summed E-state index contributed by atoms with van der Waals surface area (Å²) in [6.45, 7) is 3.42. The van der Waals surface area contributed by atoms with Gasteiger partial charge in [-0.1, -0.05) is 66.7 Å². The van der Waals surface area contributed by atoms with Crippen molar-refractivity contribution in [1.82, 2.24) is 4.90 Å². The van der Waals surface area contributed by atoms with E-state index in [0.717, 1.165) is 10.5 Å². The maximum Gasteiger partial charge on any atom is 4.00 e. The molecule has 0 unspecified atom stereocenters. The fraction of sp³-hybridized carbons (Fsp3) is 0.200. The third-order valence-electron chi connectivity index (χ3n) is 3.89. The number of carboxylic acids is 1. The fourth-order valence-electron chi connectivity index (χ4n) is 2.56. The molecule has 2 aromatic rings. The SMILES string of the molecule is C/C=C(\[O-])N1C(=O)O[C@@H](c2ccccc2)[C@H]1C.O=C([O-])c1ccccc1.[Cl-].[Cl-].[Ti+4]. The zero-order valence-electron chi connectivity index (χ0n) is 15.7. The van der Waals surface area contributed by atoms with Crippen molar-refractivity contribution in [3.8, 4) is 0 Å². The first-order valence-electron chi connectivity index (χ1n) is 8.10. The van der Waals surface area contributed by atoms with Crippen molar-refractivity contribution in [3.63, 3.8) is 0 Å². The Morgan fingerprint density at radius 3 is 1.90 bits per heavy atom. The van der Waals surface area contributed by atoms with Gasteiger partial charge in [0, 0.05) is 0 Å². The Morgan fingerprint density at radius 1 is 1.00 bits per heavy atom. The number of aromatic carboxylic acids is 1. The third kappa shape index (κ3) is 7.74. The van der Waals surface area contributed by atoms with Gasteiger partial charge in [-0.15, -0.1) is 0 Å². The number of amides is 1. The van der Waals surface area contributed by atoms with Crippen LogP contribution in [0.15, 0.2) is 72.6 Å². The Kier molecular flexibility index (Phi) is 14.2. The number of carbonyl (C=O) groups excluding carboxylic acids is 2. The molecule has 0 bridgehead atoms. The van der Waals surface area contributed by atoms with Crippen molar-refractivity contribution < 1.29 is 71.1 Å². The molecular formula is C20H19Cl2NO5Ti. The molecule has 29 heavy (non-hydrogen) atoms. The molecule has 1 saturated heterocycles. The number of carbonyl (C=O) groups is 2. The van der Waals surface area contributed by atoms with Crippen LogP contribution in [0.25, 0.3) is 0 Å². The van der Waals surface area contributed by atoms with Crippen molar-refractivity contribution in [1.29, 1.82) is 0 Å². The van der Waals surface area contributed by atoms with Crippen LogP contribution in [0.5, 0.6) is 0 Å². The molecule has 9 heteroatoms. The fourth-order valence-corrected chi connectivity index (χ4v) is 2.56. The number of hydrogen-bond acceptors (Lipinski definition) is 5. The summed E-state index contributed by atoms with van der Waals surface area (Å²) in [7, 11) is 0. The van der Waals surface area contributed by atoms with Crippen LogP contribution in [0.2, 0.25) is 0 Å². The van der Waals surface area contributed by atoms with E-state index < -0.39 is 12.1 Å². The number of ether oxygens (including phenoxy) is 1. The van der Waals surface area contributed by atoms with Crippen LogP contribution in [-0.4, -0.2) is 23.0 Å². The van der Waals surface area contributed by atoms with E-state index in [1.807, 2.05) is 37.3 Å². The van der Waals surface area contributed by atoms with Gasteiger partial charge in [0.25, 0.3) is 0 Å². The molecule has 1 aliphatic rings. The quantitative estimate of drug-likeness (QED) is 0.334. The molecule has 3 rings (SSSR count). The summed E-state index contributed by atoms with van der Waals surface area (Å²) < 4.78 is 5.24. The average Bonchev–Trinajstić information content (AvgIpc) is 2.97. The van der Waals surface area contributed by atoms with Gasteiger partial charge in [0.2, 0.25) is 0 Å². The summed E-state index contributed by atoms with van der Waals surface area (Å²) in [5.41, 5.74) is 1.12. The van der Waals surface area contributed by atoms with E-state index in [0.29, 0.717) is 0 Å². The standard InChI is InChI=1S/C13H15NO3.C7H6O2.2ClH.Ti/c1-3-11(15)14-9(2)12(17-13(14)16)10-7-5-4-6-8-10;8-7(9)6-4-2-1-3-5-6;;;/h3-9,12,15H,1-2H3;1-5H,(H,8,9);2*1H;/q;;;;+4/p-4/b11-3-;;;;/t9-,12-;;;;/m1..../s1. The molecule has 1 fully saturated rings. The first-order chi connectivity index (χ1) is 12.5. The van der Waals surface area contributed by atoms with E-state index in [9.17, 15) is 19.8 Å². The van der Waals surface area contributed by atoms with Crippen LogP contribution in [0, 0.1) is 0 Å². The monoisotopic (exact) mass is 471 g/mol. The smallest absolute Gasteiger partial charge is 1.00 e. The molecule has 0 saturated carbocycles. The Labute approximate surface area is 197 Å². The molecule has 0 N–H and O–H groups in total. The second-order valence-electron chi connectivity index (χ2n) is 5.61. The molecule has 152 valence electrons. The summed E-state index contributed by atoms with van der Waals surface area (Å²) in [6.07, 6.45) is 0.410. The van der Waals surface area contributed by atoms with Gasteiger partial charge in [-0.2, -0.15) is 0 Å². The number of hydrogen-bond donors (Lipinski definition) is 0. The number of benzene rings is 2. The summed E-state index contributed by atoms with van der Waals surface area (Å²) in [5, 5.41) is 21.7. The van der Waals surface area contributed by atoms with Gasteiger partial charge in [0.05, 0.1) is 12.0 Å². The van der Waals surface area contributed by atoms with Crippen LogP contribution in [0.4, 0.5) is 4.79 Å². The van der Waals surface area contributed by atoms with Crippen molar-refractivity contribution in [2.24, 2.45) is 0 Å². The van der Waals surface area contributed by atoms with Crippen molar-refractivity contribution in [2.45, 2.75) is 26.0 Å². The number of nitrogens with zero attached hydrogens (tertiary/aromatic N) is 1. The Morgan fingerprint density at radius 2 is 1.48 bits per heavy atom. The minimum absolute atomic E-state index is 0. The van der Waals surface area contributed by atoms with Gasteiger partial charge in [0.1, 0.15) is 6.10 Å². The van der Waals surface area contributed by atoms with Crippen LogP contribution in [-0.2, 0) is 26.5 Å². The molecule has 0 aromatic heterocycles. The van der Waals surface area contributed by atoms with Gasteiger partial charge >= 0.3 is 27.8 Å². The second-order valence-corrected chi connectivity index (χ2v) is 5.61. The van der Waals surface area contributed by atoms with Crippen LogP contribution < -0.4 is 35.0 Å². The molecule has 0 aliphatic carbocycles. The van der Waals surface area contributed by atoms with E-state index in [1.54, 1.807) is 25.1 Å². The first kappa shape index (κ1) is 29.2. The minimum atomic E-state index is -1.13. The summed E-state index contributed by atoms with van der Waals surface area (Å²) >= 11 is 0. The molecule has 2 atom stereocenters. The summed E-state index contributed by atoms with van der Waals surface area (Å²) in [4.78, 5) is 22.9. The molecular weight excluding hydrogens is 453 g/mol. The third-order valence-corrected chi connectivity index (χ3v) is 3.89. The van der Waals surface area contributed by atoms with Gasteiger partial charge in [-0.3, -0.25) is 4.90 Å². The number of carboxylic acid groups (broad SMARTS) is 1. The summed E-state index contributed by atoms with van der Waals surface area (Å²) in [6, 6.07) is 17.2. The molecule has 1 amide bonds. The van der Waals surface area contributed by atoms with Crippen molar-refractivity contribution >= 4 is 12.1 Å². The molecule has 0 spiro atoms. The van der Waals surface area contributed by atoms with E-state index in [4.69, 9.17) is 4.74 Å². The first-order valence-corrected chi connectivity index (χ1v) is 8.10. The molecule has 0 radical (unpaired) electrons. The normalized spacial score (nSPS) is 17.4. The topological polar surface area (TPSA) is 92.7 Å². The van der Waals surface area contributed by atoms with Crippen LogP contribution >= 0.6 is 0 Å². The van der Waals surface area contributed by atoms with Crippen molar-refractivity contribution in [3.05, 3.63) is 83.7 Å². The average molecular weight is 472 g/mol. The van der Waals surface area contributed by atoms with Gasteiger partial charge in [-0.05, 0) is 30.9 Å². The number of rotatable bonds is 3.